The Kier molecular flexibility index (Phi) is 4.15. The molecule has 0 spiro atoms. The lowest BCUT2D eigenvalue weighted by Crippen LogP contribution is -2.01. The number of benzene rings is 2. The highest BCUT2D eigenvalue weighted by molar-refractivity contribution is 9.10. The normalized spacial score (nSPS) is 10.5. The van der Waals surface area contributed by atoms with Crippen LogP contribution in [-0.4, -0.2) is 5.11 Å². The monoisotopic (exact) mass is 319 g/mol. The van der Waals surface area contributed by atoms with Crippen molar-refractivity contribution in [3.05, 3.63) is 57.1 Å². The number of anilines is 1. The standard InChI is InChI=1S/C16H18BrNO/c1-10-4-5-13(8-14(10)17)9-18-15-6-12(3)16(19)7-11(15)2/h4-8,18-19H,9H2,1-3H3. The van der Waals surface area contributed by atoms with Crippen molar-refractivity contribution in [1.82, 2.24) is 0 Å². The summed E-state index contributed by atoms with van der Waals surface area (Å²) < 4.78 is 1.13. The topological polar surface area (TPSA) is 32.3 Å². The second-order valence-corrected chi connectivity index (χ2v) is 5.75. The van der Waals surface area contributed by atoms with Crippen molar-refractivity contribution in [3.63, 3.8) is 0 Å². The van der Waals surface area contributed by atoms with Crippen LogP contribution in [0.3, 0.4) is 0 Å². The first-order valence-electron chi connectivity index (χ1n) is 6.26. The van der Waals surface area contributed by atoms with Gasteiger partial charge in [0.2, 0.25) is 0 Å². The summed E-state index contributed by atoms with van der Waals surface area (Å²) in [6.45, 7) is 6.74. The van der Waals surface area contributed by atoms with Gasteiger partial charge in [-0.3, -0.25) is 0 Å². The summed E-state index contributed by atoms with van der Waals surface area (Å²) in [6.07, 6.45) is 0. The number of rotatable bonds is 3. The van der Waals surface area contributed by atoms with E-state index in [2.05, 4.69) is 46.4 Å². The lowest BCUT2D eigenvalue weighted by molar-refractivity contribution is 0.471. The van der Waals surface area contributed by atoms with Crippen LogP contribution in [0.2, 0.25) is 0 Å². The van der Waals surface area contributed by atoms with E-state index in [1.807, 2.05) is 19.9 Å². The molecule has 2 rings (SSSR count). The van der Waals surface area contributed by atoms with E-state index in [1.165, 1.54) is 11.1 Å². The third-order valence-electron chi connectivity index (χ3n) is 3.26. The largest absolute Gasteiger partial charge is 0.508 e. The van der Waals surface area contributed by atoms with Crippen LogP contribution in [0.15, 0.2) is 34.8 Å². The minimum atomic E-state index is 0.348. The fourth-order valence-corrected chi connectivity index (χ4v) is 2.36. The molecule has 0 aliphatic carbocycles. The Bertz CT molecular complexity index is 608. The summed E-state index contributed by atoms with van der Waals surface area (Å²) in [6, 6.07) is 10.1. The summed E-state index contributed by atoms with van der Waals surface area (Å²) in [5, 5.41) is 13.1. The van der Waals surface area contributed by atoms with E-state index in [-0.39, 0.29) is 0 Å². The van der Waals surface area contributed by atoms with Crippen LogP contribution < -0.4 is 5.32 Å². The minimum absolute atomic E-state index is 0.348. The molecule has 0 aliphatic heterocycles. The first-order valence-corrected chi connectivity index (χ1v) is 7.06. The molecule has 0 unspecified atom stereocenters. The van der Waals surface area contributed by atoms with Crippen molar-refractivity contribution < 1.29 is 5.11 Å². The quantitative estimate of drug-likeness (QED) is 0.804. The summed E-state index contributed by atoms with van der Waals surface area (Å²) in [5.74, 6) is 0.348. The number of aryl methyl sites for hydroxylation is 3. The molecule has 2 aromatic carbocycles. The number of hydrogen-bond donors (Lipinski definition) is 2. The summed E-state index contributed by atoms with van der Waals surface area (Å²) in [4.78, 5) is 0. The zero-order chi connectivity index (χ0) is 14.0. The maximum Gasteiger partial charge on any atom is 0.118 e. The van der Waals surface area contributed by atoms with E-state index < -0.39 is 0 Å². The average molecular weight is 320 g/mol. The summed E-state index contributed by atoms with van der Waals surface area (Å²) >= 11 is 3.55. The average Bonchev–Trinajstić information content (AvgIpc) is 2.36. The van der Waals surface area contributed by atoms with Gasteiger partial charge in [0, 0.05) is 16.7 Å². The molecule has 2 N–H and O–H groups in total. The molecule has 0 aliphatic rings. The molecule has 0 saturated carbocycles. The molecule has 0 fully saturated rings. The summed E-state index contributed by atoms with van der Waals surface area (Å²) in [5.41, 5.74) is 5.46. The van der Waals surface area contributed by atoms with Crippen LogP contribution in [0.1, 0.15) is 22.3 Å². The smallest absolute Gasteiger partial charge is 0.118 e. The van der Waals surface area contributed by atoms with E-state index in [9.17, 15) is 5.11 Å². The zero-order valence-corrected chi connectivity index (χ0v) is 13.0. The van der Waals surface area contributed by atoms with E-state index in [4.69, 9.17) is 0 Å². The van der Waals surface area contributed by atoms with Gasteiger partial charge in [-0.05, 0) is 61.2 Å². The van der Waals surface area contributed by atoms with Gasteiger partial charge in [0.05, 0.1) is 0 Å². The summed E-state index contributed by atoms with van der Waals surface area (Å²) in [7, 11) is 0. The fourth-order valence-electron chi connectivity index (χ4n) is 1.94. The van der Waals surface area contributed by atoms with Gasteiger partial charge in [-0.25, -0.2) is 0 Å². The number of phenols is 1. The first kappa shape index (κ1) is 13.9. The van der Waals surface area contributed by atoms with Crippen LogP contribution in [0, 0.1) is 20.8 Å². The van der Waals surface area contributed by atoms with Gasteiger partial charge in [-0.15, -0.1) is 0 Å². The Balaban J connectivity index is 2.14. The highest BCUT2D eigenvalue weighted by Gasteiger charge is 2.04. The Morgan fingerprint density at radius 1 is 1.00 bits per heavy atom. The lowest BCUT2D eigenvalue weighted by atomic mass is 10.1. The lowest BCUT2D eigenvalue weighted by Gasteiger charge is -2.12. The van der Waals surface area contributed by atoms with Crippen molar-refractivity contribution in [1.29, 1.82) is 0 Å². The van der Waals surface area contributed by atoms with E-state index in [1.54, 1.807) is 6.07 Å². The molecule has 0 amide bonds. The molecule has 0 bridgehead atoms. The molecule has 2 aromatic rings. The third-order valence-corrected chi connectivity index (χ3v) is 4.12. The first-order chi connectivity index (χ1) is 8.97. The minimum Gasteiger partial charge on any atom is -0.508 e. The van der Waals surface area contributed by atoms with Gasteiger partial charge in [0.25, 0.3) is 0 Å². The van der Waals surface area contributed by atoms with E-state index >= 15 is 0 Å². The van der Waals surface area contributed by atoms with Crippen LogP contribution in [0.5, 0.6) is 5.75 Å². The highest BCUT2D eigenvalue weighted by atomic mass is 79.9. The second-order valence-electron chi connectivity index (χ2n) is 4.89. The molecule has 100 valence electrons. The molecule has 2 nitrogen and oxygen atoms in total. The van der Waals surface area contributed by atoms with Crippen molar-refractivity contribution in [3.8, 4) is 5.75 Å². The van der Waals surface area contributed by atoms with Gasteiger partial charge in [0.1, 0.15) is 5.75 Å². The molecule has 19 heavy (non-hydrogen) atoms. The number of phenolic OH excluding ortho intramolecular Hbond substituents is 1. The Labute approximate surface area is 122 Å². The maximum atomic E-state index is 9.64. The highest BCUT2D eigenvalue weighted by Crippen LogP contribution is 2.25. The fraction of sp³-hybridized carbons (Fsp3) is 0.250. The molecule has 0 saturated heterocycles. The number of aromatic hydroxyl groups is 1. The molecule has 0 heterocycles. The van der Waals surface area contributed by atoms with Crippen molar-refractivity contribution in [2.75, 3.05) is 5.32 Å². The van der Waals surface area contributed by atoms with Gasteiger partial charge in [-0.1, -0.05) is 28.1 Å². The molecular weight excluding hydrogens is 302 g/mol. The zero-order valence-electron chi connectivity index (χ0n) is 11.4. The van der Waals surface area contributed by atoms with Crippen LogP contribution >= 0.6 is 15.9 Å². The van der Waals surface area contributed by atoms with Crippen molar-refractivity contribution in [2.24, 2.45) is 0 Å². The molecule has 0 aromatic heterocycles. The Morgan fingerprint density at radius 3 is 2.42 bits per heavy atom. The van der Waals surface area contributed by atoms with Gasteiger partial charge < -0.3 is 10.4 Å². The maximum absolute atomic E-state index is 9.64. The Hall–Kier alpha value is -1.48. The van der Waals surface area contributed by atoms with Crippen LogP contribution in [0.25, 0.3) is 0 Å². The van der Waals surface area contributed by atoms with Crippen molar-refractivity contribution >= 4 is 21.6 Å². The van der Waals surface area contributed by atoms with E-state index in [0.717, 1.165) is 27.8 Å². The number of hydrogen-bond acceptors (Lipinski definition) is 2. The third kappa shape index (κ3) is 3.29. The SMILES string of the molecule is Cc1cc(NCc2ccc(C)c(Br)c2)c(C)cc1O. The molecular formula is C16H18BrNO. The Morgan fingerprint density at radius 2 is 1.74 bits per heavy atom. The molecule has 3 heteroatoms. The number of nitrogens with one attached hydrogen (secondary N) is 1. The van der Waals surface area contributed by atoms with Crippen molar-refractivity contribution in [2.45, 2.75) is 27.3 Å². The second kappa shape index (κ2) is 5.66. The van der Waals surface area contributed by atoms with Gasteiger partial charge in [-0.2, -0.15) is 0 Å². The molecule has 0 radical (unpaired) electrons. The molecule has 0 atom stereocenters. The van der Waals surface area contributed by atoms with Gasteiger partial charge >= 0.3 is 0 Å². The number of halogens is 1. The predicted molar refractivity (Wildman–Crippen MR) is 83.8 cm³/mol. The van der Waals surface area contributed by atoms with Crippen LogP contribution in [0.4, 0.5) is 5.69 Å². The van der Waals surface area contributed by atoms with Crippen LogP contribution in [-0.2, 0) is 6.54 Å². The van der Waals surface area contributed by atoms with E-state index in [0.29, 0.717) is 5.75 Å². The predicted octanol–water partition coefficient (Wildman–Crippen LogP) is 4.69. The van der Waals surface area contributed by atoms with Gasteiger partial charge in [0.15, 0.2) is 0 Å².